The summed E-state index contributed by atoms with van der Waals surface area (Å²) in [4.78, 5) is 17.7. The third kappa shape index (κ3) is 5.07. The summed E-state index contributed by atoms with van der Waals surface area (Å²) in [6, 6.07) is 14.3. The van der Waals surface area contributed by atoms with E-state index >= 15 is 0 Å². The number of benzene rings is 2. The van der Waals surface area contributed by atoms with Crippen molar-refractivity contribution in [1.29, 1.82) is 0 Å². The van der Waals surface area contributed by atoms with Gasteiger partial charge in [0.05, 0.1) is 18.4 Å². The largest absolute Gasteiger partial charge is 0.614 e. The second kappa shape index (κ2) is 10.2. The fourth-order valence-corrected chi connectivity index (χ4v) is 5.16. The van der Waals surface area contributed by atoms with Gasteiger partial charge in [0.2, 0.25) is 10.0 Å². The predicted octanol–water partition coefficient (Wildman–Crippen LogP) is 5.49. The summed E-state index contributed by atoms with van der Waals surface area (Å²) in [7, 11) is -1.88. The standard InChI is InChI=1S/C26H29N3O5S/c1-3-35(32,33)28-21-10-12-22(13-11-21)29(31,26(30)20-9-6-16-27-18-20)23-14-15-25(34-2)24(17-23)19-7-4-5-8-19/h6,9-19,28H,3-5,7-8H2,1-2H3. The highest BCUT2D eigenvalue weighted by atomic mass is 32.2. The van der Waals surface area contributed by atoms with Gasteiger partial charge in [-0.15, -0.1) is 0 Å². The molecule has 1 saturated carbocycles. The first-order valence-corrected chi connectivity index (χ1v) is 13.3. The maximum absolute atomic E-state index is 14.6. The zero-order chi connectivity index (χ0) is 25.1. The van der Waals surface area contributed by atoms with Gasteiger partial charge in [0, 0.05) is 47.9 Å². The molecule has 0 spiro atoms. The maximum Gasteiger partial charge on any atom is 0.357 e. The number of methoxy groups -OCH3 is 1. The van der Waals surface area contributed by atoms with Gasteiger partial charge in [-0.1, -0.05) is 12.8 Å². The molecule has 1 atom stereocenters. The molecule has 0 bridgehead atoms. The molecular formula is C26H29N3O5S. The number of carbonyl (C=O) groups excluding carboxylic acids is 1. The van der Waals surface area contributed by atoms with E-state index in [1.807, 2.05) is 0 Å². The second-order valence-electron chi connectivity index (χ2n) is 8.62. The number of aromatic nitrogens is 1. The first-order valence-electron chi connectivity index (χ1n) is 11.6. The number of carbonyl (C=O) groups is 1. The number of hydrogen-bond acceptors (Lipinski definition) is 6. The van der Waals surface area contributed by atoms with E-state index in [0.29, 0.717) is 11.4 Å². The Morgan fingerprint density at radius 3 is 2.40 bits per heavy atom. The van der Waals surface area contributed by atoms with E-state index in [4.69, 9.17) is 4.74 Å². The molecule has 4 rings (SSSR count). The smallest absolute Gasteiger partial charge is 0.357 e. The summed E-state index contributed by atoms with van der Waals surface area (Å²) in [5.41, 5.74) is 1.82. The Morgan fingerprint density at radius 2 is 1.80 bits per heavy atom. The van der Waals surface area contributed by atoms with E-state index in [2.05, 4.69) is 9.71 Å². The number of hydrogen-bond donors (Lipinski definition) is 1. The van der Waals surface area contributed by atoms with Gasteiger partial charge in [-0.3, -0.25) is 9.71 Å². The molecule has 3 aromatic rings. The second-order valence-corrected chi connectivity index (χ2v) is 10.6. The van der Waals surface area contributed by atoms with Gasteiger partial charge in [-0.05, 0) is 56.0 Å². The lowest BCUT2D eigenvalue weighted by molar-refractivity contribution is 0.0878. The normalized spacial score (nSPS) is 16.0. The van der Waals surface area contributed by atoms with Crippen molar-refractivity contribution < 1.29 is 17.9 Å². The highest BCUT2D eigenvalue weighted by Gasteiger charge is 2.36. The molecule has 1 aromatic heterocycles. The number of hydroxylamine groups is 1. The lowest BCUT2D eigenvalue weighted by atomic mass is 9.95. The van der Waals surface area contributed by atoms with E-state index in [1.165, 1.54) is 43.6 Å². The third-order valence-corrected chi connectivity index (χ3v) is 7.76. The van der Waals surface area contributed by atoms with E-state index in [0.717, 1.165) is 31.2 Å². The van der Waals surface area contributed by atoms with Crippen LogP contribution in [-0.4, -0.2) is 32.2 Å². The van der Waals surface area contributed by atoms with E-state index < -0.39 is 20.6 Å². The predicted molar refractivity (Wildman–Crippen MR) is 137 cm³/mol. The highest BCUT2D eigenvalue weighted by Crippen LogP contribution is 2.44. The van der Waals surface area contributed by atoms with Crippen LogP contribution in [0, 0.1) is 5.21 Å². The Labute approximate surface area is 205 Å². The molecule has 184 valence electrons. The number of quaternary nitrogens is 1. The van der Waals surface area contributed by atoms with Crippen molar-refractivity contribution in [1.82, 2.24) is 9.63 Å². The van der Waals surface area contributed by atoms with Crippen LogP contribution in [-0.2, 0) is 10.0 Å². The topological polar surface area (TPSA) is 108 Å². The van der Waals surface area contributed by atoms with E-state index in [1.54, 1.807) is 37.4 Å². The minimum atomic E-state index is -3.48. The Kier molecular flexibility index (Phi) is 7.20. The minimum absolute atomic E-state index is 0.0778. The molecule has 1 aliphatic carbocycles. The number of ether oxygens (including phenoxy) is 1. The van der Waals surface area contributed by atoms with Gasteiger partial charge in [0.25, 0.3) is 0 Å². The van der Waals surface area contributed by atoms with Crippen molar-refractivity contribution in [2.75, 3.05) is 17.6 Å². The molecule has 0 radical (unpaired) electrons. The summed E-state index contributed by atoms with van der Waals surface area (Å²) >= 11 is 0. The summed E-state index contributed by atoms with van der Waals surface area (Å²) < 4.78 is 30.5. The van der Waals surface area contributed by atoms with Gasteiger partial charge < -0.3 is 9.94 Å². The average Bonchev–Trinajstić information content (AvgIpc) is 3.43. The van der Waals surface area contributed by atoms with Crippen LogP contribution in [0.5, 0.6) is 5.75 Å². The van der Waals surface area contributed by atoms with Crippen molar-refractivity contribution in [3.05, 3.63) is 83.3 Å². The van der Waals surface area contributed by atoms with Crippen molar-refractivity contribution in [3.63, 3.8) is 0 Å². The fraction of sp³-hybridized carbons (Fsp3) is 0.308. The first kappa shape index (κ1) is 24.8. The van der Waals surface area contributed by atoms with Gasteiger partial charge in [-0.25, -0.2) is 17.9 Å². The van der Waals surface area contributed by atoms with E-state index in [-0.39, 0.29) is 28.6 Å². The van der Waals surface area contributed by atoms with E-state index in [9.17, 15) is 18.4 Å². The van der Waals surface area contributed by atoms with Crippen molar-refractivity contribution in [3.8, 4) is 5.75 Å². The van der Waals surface area contributed by atoms with Crippen LogP contribution in [0.4, 0.5) is 17.1 Å². The molecule has 1 unspecified atom stereocenters. The number of pyridine rings is 1. The van der Waals surface area contributed by atoms with Crippen LogP contribution in [0.25, 0.3) is 0 Å². The molecule has 2 aromatic carbocycles. The van der Waals surface area contributed by atoms with Crippen LogP contribution < -0.4 is 14.1 Å². The monoisotopic (exact) mass is 495 g/mol. The van der Waals surface area contributed by atoms with Crippen LogP contribution in [0.3, 0.4) is 0 Å². The SMILES string of the molecule is CCS(=O)(=O)Nc1ccc([N+]([O-])(C(=O)c2cccnc2)c2ccc(OC)c(C3CCCC3)c2)cc1. The summed E-state index contributed by atoms with van der Waals surface area (Å²) in [5.74, 6) is 0.191. The molecule has 1 heterocycles. The molecule has 35 heavy (non-hydrogen) atoms. The highest BCUT2D eigenvalue weighted by molar-refractivity contribution is 7.92. The molecular weight excluding hydrogens is 466 g/mol. The first-order chi connectivity index (χ1) is 16.8. The zero-order valence-electron chi connectivity index (χ0n) is 19.8. The van der Waals surface area contributed by atoms with Crippen LogP contribution in [0.1, 0.15) is 54.4 Å². The lowest BCUT2D eigenvalue weighted by Crippen LogP contribution is -2.44. The van der Waals surface area contributed by atoms with Crippen LogP contribution in [0.15, 0.2) is 67.0 Å². The number of nitrogens with zero attached hydrogens (tertiary/aromatic N) is 2. The molecule has 0 aliphatic heterocycles. The fourth-order valence-electron chi connectivity index (χ4n) is 4.52. The number of rotatable bonds is 8. The summed E-state index contributed by atoms with van der Waals surface area (Å²) in [6.07, 6.45) is 7.14. The number of nitrogens with one attached hydrogen (secondary N) is 1. The zero-order valence-corrected chi connectivity index (χ0v) is 20.6. The quantitative estimate of drug-likeness (QED) is 0.327. The number of anilines is 1. The summed E-state index contributed by atoms with van der Waals surface area (Å²) in [6.45, 7) is 1.54. The molecule has 8 nitrogen and oxygen atoms in total. The Morgan fingerprint density at radius 1 is 1.11 bits per heavy atom. The Hall–Kier alpha value is -3.27. The lowest BCUT2D eigenvalue weighted by Gasteiger charge is -2.39. The van der Waals surface area contributed by atoms with Crippen molar-refractivity contribution >= 4 is 33.0 Å². The van der Waals surface area contributed by atoms with Crippen LogP contribution >= 0.6 is 0 Å². The van der Waals surface area contributed by atoms with Gasteiger partial charge in [0.15, 0.2) is 0 Å². The average molecular weight is 496 g/mol. The molecule has 9 heteroatoms. The Balaban J connectivity index is 1.83. The molecule has 1 N–H and O–H groups in total. The van der Waals surface area contributed by atoms with Gasteiger partial charge in [0.1, 0.15) is 17.1 Å². The molecule has 1 fully saturated rings. The number of sulfonamides is 1. The summed E-state index contributed by atoms with van der Waals surface area (Å²) in [5, 5.41) is 14.6. The third-order valence-electron chi connectivity index (χ3n) is 6.45. The minimum Gasteiger partial charge on any atom is -0.614 e. The van der Waals surface area contributed by atoms with Crippen molar-refractivity contribution in [2.45, 2.75) is 38.5 Å². The molecule has 0 saturated heterocycles. The maximum atomic E-state index is 14.6. The molecule has 1 amide bonds. The molecule has 1 aliphatic rings. The van der Waals surface area contributed by atoms with Crippen molar-refractivity contribution in [2.24, 2.45) is 0 Å². The van der Waals surface area contributed by atoms with Crippen LogP contribution in [0.2, 0.25) is 0 Å². The Bertz CT molecular complexity index is 1290. The van der Waals surface area contributed by atoms with Gasteiger partial charge >= 0.3 is 5.91 Å². The van der Waals surface area contributed by atoms with Gasteiger partial charge in [-0.2, -0.15) is 0 Å². The number of amides is 1.